The van der Waals surface area contributed by atoms with Gasteiger partial charge in [-0.3, -0.25) is 4.79 Å². The van der Waals surface area contributed by atoms with Crippen LogP contribution in [0.4, 0.5) is 5.69 Å². The van der Waals surface area contributed by atoms with Crippen molar-refractivity contribution in [1.29, 1.82) is 0 Å². The van der Waals surface area contributed by atoms with Crippen LogP contribution in [0.15, 0.2) is 77.7 Å². The average molecular weight is 497 g/mol. The second-order valence-electron chi connectivity index (χ2n) is 7.76. The number of amides is 1. The molecule has 3 rings (SSSR count). The van der Waals surface area contributed by atoms with Crippen LogP contribution in [0.5, 0.6) is 5.75 Å². The minimum atomic E-state index is -4.09. The van der Waals surface area contributed by atoms with Gasteiger partial charge < -0.3 is 14.8 Å². The first-order valence-corrected chi connectivity index (χ1v) is 12.4. The lowest BCUT2D eigenvalue weighted by Gasteiger charge is -2.23. The molecule has 0 aliphatic carbocycles. The molecular formula is C26H28N2O6S. The number of sulfonamides is 1. The number of nitrogens with one attached hydrogen (secondary N) is 1. The van der Waals surface area contributed by atoms with E-state index >= 15 is 0 Å². The van der Waals surface area contributed by atoms with E-state index in [1.54, 1.807) is 62.4 Å². The lowest BCUT2D eigenvalue weighted by atomic mass is 10.2. The van der Waals surface area contributed by atoms with Gasteiger partial charge in [-0.1, -0.05) is 36.4 Å². The normalized spacial score (nSPS) is 11.2. The van der Waals surface area contributed by atoms with Gasteiger partial charge in [-0.2, -0.15) is 4.31 Å². The molecule has 0 fully saturated rings. The first kappa shape index (κ1) is 25.9. The van der Waals surface area contributed by atoms with Gasteiger partial charge in [0, 0.05) is 12.2 Å². The molecular weight excluding hydrogens is 468 g/mol. The van der Waals surface area contributed by atoms with E-state index in [9.17, 15) is 18.0 Å². The average Bonchev–Trinajstić information content (AvgIpc) is 2.85. The topological polar surface area (TPSA) is 102 Å². The predicted octanol–water partition coefficient (Wildman–Crippen LogP) is 4.01. The summed E-state index contributed by atoms with van der Waals surface area (Å²) in [6.45, 7) is 3.33. The van der Waals surface area contributed by atoms with Gasteiger partial charge >= 0.3 is 5.97 Å². The zero-order valence-corrected chi connectivity index (χ0v) is 20.7. The Morgan fingerprint density at radius 3 is 2.29 bits per heavy atom. The van der Waals surface area contributed by atoms with Crippen LogP contribution in [0.1, 0.15) is 28.4 Å². The highest BCUT2D eigenvalue weighted by molar-refractivity contribution is 7.89. The molecule has 0 unspecified atom stereocenters. The third kappa shape index (κ3) is 6.68. The van der Waals surface area contributed by atoms with E-state index in [0.29, 0.717) is 11.3 Å². The van der Waals surface area contributed by atoms with Crippen LogP contribution in [-0.4, -0.2) is 44.9 Å². The summed E-state index contributed by atoms with van der Waals surface area (Å²) in [5.41, 5.74) is 2.25. The van der Waals surface area contributed by atoms with E-state index in [1.807, 2.05) is 6.07 Å². The van der Waals surface area contributed by atoms with Gasteiger partial charge in [0.05, 0.1) is 25.8 Å². The molecule has 1 N–H and O–H groups in total. The summed E-state index contributed by atoms with van der Waals surface area (Å²) in [5.74, 6) is -0.791. The maximum absolute atomic E-state index is 13.7. The standard InChI is InChI=1S/C26H28N2O6S/c1-4-34-26(30)21-11-13-22(14-12-21)27-25(29)18-28(17-20-8-6-5-7-9-20)35(31,32)24-16-19(2)10-15-23(24)33-3/h5-16H,4,17-18H2,1-3H3,(H,27,29). The molecule has 184 valence electrons. The maximum Gasteiger partial charge on any atom is 0.338 e. The Morgan fingerprint density at radius 2 is 1.66 bits per heavy atom. The Labute approximate surface area is 205 Å². The molecule has 3 aromatic rings. The molecule has 0 aromatic heterocycles. The third-order valence-electron chi connectivity index (χ3n) is 5.14. The number of carbonyl (C=O) groups is 2. The van der Waals surface area contributed by atoms with E-state index in [4.69, 9.17) is 9.47 Å². The van der Waals surface area contributed by atoms with Crippen molar-refractivity contribution in [1.82, 2.24) is 4.31 Å². The number of carbonyl (C=O) groups excluding carboxylic acids is 2. The van der Waals surface area contributed by atoms with E-state index in [2.05, 4.69) is 5.32 Å². The van der Waals surface area contributed by atoms with Crippen molar-refractivity contribution < 1.29 is 27.5 Å². The number of hydrogen-bond donors (Lipinski definition) is 1. The van der Waals surface area contributed by atoms with E-state index in [1.165, 1.54) is 25.3 Å². The van der Waals surface area contributed by atoms with Crippen LogP contribution in [0, 0.1) is 6.92 Å². The third-order valence-corrected chi connectivity index (χ3v) is 6.95. The first-order chi connectivity index (χ1) is 16.7. The van der Waals surface area contributed by atoms with Crippen molar-refractivity contribution in [2.24, 2.45) is 0 Å². The van der Waals surface area contributed by atoms with Gasteiger partial charge in [-0.05, 0) is 61.4 Å². The number of methoxy groups -OCH3 is 1. The number of anilines is 1. The minimum Gasteiger partial charge on any atom is -0.495 e. The van der Waals surface area contributed by atoms with Gasteiger partial charge in [0.15, 0.2) is 0 Å². The molecule has 0 saturated carbocycles. The first-order valence-electron chi connectivity index (χ1n) is 11.0. The number of hydrogen-bond acceptors (Lipinski definition) is 6. The Bertz CT molecular complexity index is 1270. The van der Waals surface area contributed by atoms with Gasteiger partial charge in [0.1, 0.15) is 10.6 Å². The summed E-state index contributed by atoms with van der Waals surface area (Å²) < 4.78 is 38.7. The van der Waals surface area contributed by atoms with Crippen LogP contribution in [0.3, 0.4) is 0 Å². The largest absolute Gasteiger partial charge is 0.495 e. The van der Waals surface area contributed by atoms with Gasteiger partial charge in [-0.25, -0.2) is 13.2 Å². The van der Waals surface area contributed by atoms with Crippen LogP contribution < -0.4 is 10.1 Å². The van der Waals surface area contributed by atoms with Crippen molar-refractivity contribution in [3.8, 4) is 5.75 Å². The zero-order valence-electron chi connectivity index (χ0n) is 19.9. The van der Waals surface area contributed by atoms with E-state index in [0.717, 1.165) is 15.4 Å². The number of ether oxygens (including phenoxy) is 2. The van der Waals surface area contributed by atoms with Gasteiger partial charge in [0.25, 0.3) is 0 Å². The fraction of sp³-hybridized carbons (Fsp3) is 0.231. The highest BCUT2D eigenvalue weighted by Gasteiger charge is 2.30. The minimum absolute atomic E-state index is 0.00448. The summed E-state index contributed by atoms with van der Waals surface area (Å²) >= 11 is 0. The van der Waals surface area contributed by atoms with E-state index < -0.39 is 28.4 Å². The summed E-state index contributed by atoms with van der Waals surface area (Å²) in [7, 11) is -2.69. The highest BCUT2D eigenvalue weighted by Crippen LogP contribution is 2.29. The molecule has 0 atom stereocenters. The fourth-order valence-electron chi connectivity index (χ4n) is 3.40. The van der Waals surface area contributed by atoms with Crippen LogP contribution in [0.25, 0.3) is 0 Å². The maximum atomic E-state index is 13.7. The molecule has 3 aromatic carbocycles. The molecule has 1 amide bonds. The summed E-state index contributed by atoms with van der Waals surface area (Å²) in [4.78, 5) is 24.7. The fourth-order valence-corrected chi connectivity index (χ4v) is 5.03. The number of esters is 1. The number of aryl methyl sites for hydroxylation is 1. The molecule has 8 nitrogen and oxygen atoms in total. The second kappa shape index (κ2) is 11.6. The molecule has 35 heavy (non-hydrogen) atoms. The Balaban J connectivity index is 1.86. The molecule has 0 radical (unpaired) electrons. The van der Waals surface area contributed by atoms with Crippen molar-refractivity contribution in [2.75, 3.05) is 25.6 Å². The summed E-state index contributed by atoms with van der Waals surface area (Å²) in [6, 6.07) is 20.1. The summed E-state index contributed by atoms with van der Waals surface area (Å²) in [6.07, 6.45) is 0. The Hall–Kier alpha value is -3.69. The highest BCUT2D eigenvalue weighted by atomic mass is 32.2. The molecule has 0 heterocycles. The monoisotopic (exact) mass is 496 g/mol. The predicted molar refractivity (Wildman–Crippen MR) is 133 cm³/mol. The van der Waals surface area contributed by atoms with Gasteiger partial charge in [0.2, 0.25) is 15.9 Å². The van der Waals surface area contributed by atoms with Crippen LogP contribution in [-0.2, 0) is 26.1 Å². The van der Waals surface area contributed by atoms with Gasteiger partial charge in [-0.15, -0.1) is 0 Å². The van der Waals surface area contributed by atoms with E-state index in [-0.39, 0.29) is 23.8 Å². The molecule has 0 saturated heterocycles. The molecule has 9 heteroatoms. The smallest absolute Gasteiger partial charge is 0.338 e. The Morgan fingerprint density at radius 1 is 0.971 bits per heavy atom. The molecule has 0 spiro atoms. The Kier molecular flexibility index (Phi) is 8.62. The molecule has 0 aliphatic rings. The van der Waals surface area contributed by atoms with Crippen LogP contribution >= 0.6 is 0 Å². The number of rotatable bonds is 10. The van der Waals surface area contributed by atoms with Crippen LogP contribution in [0.2, 0.25) is 0 Å². The number of benzene rings is 3. The van der Waals surface area contributed by atoms with Crippen molar-refractivity contribution in [3.63, 3.8) is 0 Å². The molecule has 0 aliphatic heterocycles. The van der Waals surface area contributed by atoms with Crippen molar-refractivity contribution in [3.05, 3.63) is 89.5 Å². The summed E-state index contributed by atoms with van der Waals surface area (Å²) in [5, 5.41) is 2.69. The van der Waals surface area contributed by atoms with Crippen molar-refractivity contribution >= 4 is 27.6 Å². The second-order valence-corrected chi connectivity index (χ2v) is 9.67. The number of nitrogens with zero attached hydrogens (tertiary/aromatic N) is 1. The van der Waals surface area contributed by atoms with Crippen molar-refractivity contribution in [2.45, 2.75) is 25.3 Å². The lowest BCUT2D eigenvalue weighted by molar-refractivity contribution is -0.116. The SMILES string of the molecule is CCOC(=O)c1ccc(NC(=O)CN(Cc2ccccc2)S(=O)(=O)c2cc(C)ccc2OC)cc1. The zero-order chi connectivity index (χ0) is 25.4. The lowest BCUT2D eigenvalue weighted by Crippen LogP contribution is -2.37. The quantitative estimate of drug-likeness (QED) is 0.426. The molecule has 0 bridgehead atoms.